The molecule has 0 atom stereocenters. The summed E-state index contributed by atoms with van der Waals surface area (Å²) in [6.45, 7) is 0.444. The molecule has 1 N–H and O–H groups in total. The van der Waals surface area contributed by atoms with Gasteiger partial charge in [-0.05, 0) is 29.8 Å². The molecule has 0 aliphatic carbocycles. The second kappa shape index (κ2) is 5.87. The summed E-state index contributed by atoms with van der Waals surface area (Å²) in [6, 6.07) is 14.1. The Morgan fingerprint density at radius 2 is 2.05 bits per heavy atom. The van der Waals surface area contributed by atoms with Gasteiger partial charge in [0, 0.05) is 6.54 Å². The first-order valence-corrected chi connectivity index (χ1v) is 5.80. The van der Waals surface area contributed by atoms with Gasteiger partial charge in [0.25, 0.3) is 0 Å². The van der Waals surface area contributed by atoms with Crippen molar-refractivity contribution < 1.29 is 9.13 Å². The minimum absolute atomic E-state index is 0.223. The Morgan fingerprint density at radius 1 is 1.26 bits per heavy atom. The molecule has 0 aliphatic rings. The van der Waals surface area contributed by atoms with E-state index >= 15 is 0 Å². The average Bonchev–Trinajstić information content (AvgIpc) is 2.45. The van der Waals surface area contributed by atoms with E-state index in [9.17, 15) is 4.39 Å². The van der Waals surface area contributed by atoms with Crippen molar-refractivity contribution in [1.29, 1.82) is 5.26 Å². The van der Waals surface area contributed by atoms with E-state index in [1.54, 1.807) is 24.3 Å². The lowest BCUT2D eigenvalue weighted by Gasteiger charge is -2.09. The number of ether oxygens (including phenoxy) is 1. The van der Waals surface area contributed by atoms with Crippen LogP contribution in [0.1, 0.15) is 11.1 Å². The van der Waals surface area contributed by atoms with Crippen LogP contribution in [0.4, 0.5) is 10.1 Å². The van der Waals surface area contributed by atoms with E-state index in [0.29, 0.717) is 12.1 Å². The summed E-state index contributed by atoms with van der Waals surface area (Å²) in [5, 5.41) is 12.1. The molecule has 0 saturated carbocycles. The third kappa shape index (κ3) is 3.02. The van der Waals surface area contributed by atoms with Gasteiger partial charge >= 0.3 is 0 Å². The minimum Gasteiger partial charge on any atom is -0.494 e. The van der Waals surface area contributed by atoms with Gasteiger partial charge in [-0.15, -0.1) is 0 Å². The highest BCUT2D eigenvalue weighted by Gasteiger charge is 2.04. The zero-order valence-corrected chi connectivity index (χ0v) is 10.5. The highest BCUT2D eigenvalue weighted by Crippen LogP contribution is 2.19. The van der Waals surface area contributed by atoms with E-state index in [4.69, 9.17) is 10.00 Å². The fourth-order valence-electron chi connectivity index (χ4n) is 1.75. The number of hydrogen-bond donors (Lipinski definition) is 1. The van der Waals surface area contributed by atoms with E-state index in [0.717, 1.165) is 11.3 Å². The van der Waals surface area contributed by atoms with Crippen LogP contribution in [0.5, 0.6) is 5.75 Å². The number of hydrogen-bond acceptors (Lipinski definition) is 3. The highest BCUT2D eigenvalue weighted by molar-refractivity contribution is 5.57. The van der Waals surface area contributed by atoms with Crippen molar-refractivity contribution in [2.24, 2.45) is 0 Å². The summed E-state index contributed by atoms with van der Waals surface area (Å²) in [7, 11) is 1.43. The van der Waals surface area contributed by atoms with Crippen LogP contribution in [0, 0.1) is 17.1 Å². The largest absolute Gasteiger partial charge is 0.494 e. The van der Waals surface area contributed by atoms with Gasteiger partial charge in [-0.3, -0.25) is 0 Å². The van der Waals surface area contributed by atoms with E-state index < -0.39 is 5.82 Å². The molecule has 0 fully saturated rings. The molecule has 0 bridgehead atoms. The number of nitriles is 1. The molecule has 4 heteroatoms. The molecule has 3 nitrogen and oxygen atoms in total. The maximum Gasteiger partial charge on any atom is 0.165 e. The third-order valence-electron chi connectivity index (χ3n) is 2.75. The second-order valence-electron chi connectivity index (χ2n) is 3.98. The zero-order chi connectivity index (χ0) is 13.7. The minimum atomic E-state index is -0.393. The van der Waals surface area contributed by atoms with Crippen LogP contribution in [0.2, 0.25) is 0 Å². The summed E-state index contributed by atoms with van der Waals surface area (Å²) in [5.74, 6) is -0.170. The Labute approximate surface area is 111 Å². The predicted octanol–water partition coefficient (Wildman–Crippen LogP) is 3.32. The Morgan fingerprint density at radius 3 is 2.74 bits per heavy atom. The molecule has 0 amide bonds. The average molecular weight is 256 g/mol. The molecule has 0 aliphatic heterocycles. The smallest absolute Gasteiger partial charge is 0.165 e. The number of benzene rings is 2. The maximum absolute atomic E-state index is 13.5. The normalized spacial score (nSPS) is 9.74. The van der Waals surface area contributed by atoms with Crippen molar-refractivity contribution in [1.82, 2.24) is 0 Å². The summed E-state index contributed by atoms with van der Waals surface area (Å²) in [6.07, 6.45) is 0. The first kappa shape index (κ1) is 12.9. The van der Waals surface area contributed by atoms with Gasteiger partial charge in [0.1, 0.15) is 6.07 Å². The highest BCUT2D eigenvalue weighted by atomic mass is 19.1. The fourth-order valence-corrected chi connectivity index (χ4v) is 1.75. The molecule has 0 aromatic heterocycles. The molecule has 0 spiro atoms. The van der Waals surface area contributed by atoms with Gasteiger partial charge in [-0.1, -0.05) is 18.2 Å². The third-order valence-corrected chi connectivity index (χ3v) is 2.75. The van der Waals surface area contributed by atoms with Crippen molar-refractivity contribution in [2.75, 3.05) is 12.4 Å². The van der Waals surface area contributed by atoms with Crippen molar-refractivity contribution in [3.8, 4) is 11.8 Å². The maximum atomic E-state index is 13.5. The number of anilines is 1. The first-order valence-electron chi connectivity index (χ1n) is 5.80. The topological polar surface area (TPSA) is 45.0 Å². The Kier molecular flexibility index (Phi) is 3.99. The lowest BCUT2D eigenvalue weighted by Crippen LogP contribution is -2.02. The van der Waals surface area contributed by atoms with Crippen molar-refractivity contribution in [2.45, 2.75) is 6.54 Å². The first-order chi connectivity index (χ1) is 9.24. The Hall–Kier alpha value is -2.54. The van der Waals surface area contributed by atoms with E-state index in [-0.39, 0.29) is 5.75 Å². The molecule has 0 unspecified atom stereocenters. The predicted molar refractivity (Wildman–Crippen MR) is 71.4 cm³/mol. The molecule has 2 aromatic rings. The van der Waals surface area contributed by atoms with Gasteiger partial charge < -0.3 is 10.1 Å². The van der Waals surface area contributed by atoms with Gasteiger partial charge in [0.15, 0.2) is 11.6 Å². The zero-order valence-electron chi connectivity index (χ0n) is 10.5. The lowest BCUT2D eigenvalue weighted by molar-refractivity contribution is 0.386. The van der Waals surface area contributed by atoms with Crippen LogP contribution in [0.25, 0.3) is 0 Å². The fraction of sp³-hybridized carbons (Fsp3) is 0.133. The Bertz CT molecular complexity index is 620. The molecule has 19 heavy (non-hydrogen) atoms. The molecule has 96 valence electrons. The molecule has 0 heterocycles. The number of nitrogens with zero attached hydrogens (tertiary/aromatic N) is 1. The molecule has 2 rings (SSSR count). The summed E-state index contributed by atoms with van der Waals surface area (Å²) in [5.41, 5.74) is 2.09. The van der Waals surface area contributed by atoms with Gasteiger partial charge in [0.2, 0.25) is 0 Å². The summed E-state index contributed by atoms with van der Waals surface area (Å²) >= 11 is 0. The lowest BCUT2D eigenvalue weighted by atomic mass is 10.1. The van der Waals surface area contributed by atoms with Gasteiger partial charge in [-0.25, -0.2) is 4.39 Å². The van der Waals surface area contributed by atoms with Crippen LogP contribution >= 0.6 is 0 Å². The quantitative estimate of drug-likeness (QED) is 0.912. The van der Waals surface area contributed by atoms with E-state index in [1.165, 1.54) is 13.2 Å². The number of halogens is 1. The van der Waals surface area contributed by atoms with Crippen LogP contribution in [0.3, 0.4) is 0 Å². The van der Waals surface area contributed by atoms with Crippen LogP contribution in [-0.4, -0.2) is 7.11 Å². The number of nitrogens with one attached hydrogen (secondary N) is 1. The molecule has 0 saturated heterocycles. The molecule has 0 radical (unpaired) electrons. The summed E-state index contributed by atoms with van der Waals surface area (Å²) < 4.78 is 18.4. The van der Waals surface area contributed by atoms with Gasteiger partial charge in [0.05, 0.1) is 18.4 Å². The van der Waals surface area contributed by atoms with Crippen molar-refractivity contribution >= 4 is 5.69 Å². The Balaban J connectivity index is 2.11. The van der Waals surface area contributed by atoms with Crippen LogP contribution in [-0.2, 0) is 6.54 Å². The second-order valence-corrected chi connectivity index (χ2v) is 3.98. The SMILES string of the molecule is COc1ccc(CNc2ccccc2C#N)cc1F. The molecular formula is C15H13FN2O. The van der Waals surface area contributed by atoms with E-state index in [1.807, 2.05) is 12.1 Å². The van der Waals surface area contributed by atoms with Crippen molar-refractivity contribution in [3.63, 3.8) is 0 Å². The van der Waals surface area contributed by atoms with Crippen molar-refractivity contribution in [3.05, 3.63) is 59.4 Å². The molecular weight excluding hydrogens is 243 g/mol. The van der Waals surface area contributed by atoms with E-state index in [2.05, 4.69) is 11.4 Å². The monoisotopic (exact) mass is 256 g/mol. The molecule has 2 aromatic carbocycles. The van der Waals surface area contributed by atoms with Crippen LogP contribution < -0.4 is 10.1 Å². The summed E-state index contributed by atoms with van der Waals surface area (Å²) in [4.78, 5) is 0. The standard InChI is InChI=1S/C15H13FN2O/c1-19-15-7-6-11(8-13(15)16)10-18-14-5-3-2-4-12(14)9-17/h2-8,18H,10H2,1H3. The number of para-hydroxylation sites is 1. The van der Waals surface area contributed by atoms with Crippen LogP contribution in [0.15, 0.2) is 42.5 Å². The number of rotatable bonds is 4. The number of methoxy groups -OCH3 is 1. The van der Waals surface area contributed by atoms with Gasteiger partial charge in [-0.2, -0.15) is 5.26 Å².